The van der Waals surface area contributed by atoms with E-state index in [0.29, 0.717) is 28.1 Å². The highest BCUT2D eigenvalue weighted by Gasteiger charge is 2.26. The zero-order chi connectivity index (χ0) is 23.6. The van der Waals surface area contributed by atoms with Crippen LogP contribution in [0.3, 0.4) is 0 Å². The Morgan fingerprint density at radius 2 is 1.94 bits per heavy atom. The highest BCUT2D eigenvalue weighted by Crippen LogP contribution is 2.27. The van der Waals surface area contributed by atoms with Crippen LogP contribution >= 0.6 is 23.8 Å². The molecule has 2 aromatic carbocycles. The van der Waals surface area contributed by atoms with E-state index in [1.54, 1.807) is 22.7 Å². The van der Waals surface area contributed by atoms with Crippen molar-refractivity contribution < 1.29 is 8.42 Å². The Balaban J connectivity index is 1.54. The van der Waals surface area contributed by atoms with Gasteiger partial charge in [0.2, 0.25) is 10.0 Å². The molecule has 0 atom stereocenters. The van der Waals surface area contributed by atoms with Crippen molar-refractivity contribution in [3.63, 3.8) is 0 Å². The third-order valence-corrected chi connectivity index (χ3v) is 8.33. The van der Waals surface area contributed by atoms with Gasteiger partial charge in [-0.2, -0.15) is 9.41 Å². The Labute approximate surface area is 204 Å². The van der Waals surface area contributed by atoms with Crippen LogP contribution in [0.4, 0.5) is 5.69 Å². The molecule has 1 fully saturated rings. The molecule has 0 radical (unpaired) electrons. The topological polar surface area (TPSA) is 78.7 Å². The van der Waals surface area contributed by atoms with Crippen LogP contribution < -0.4 is 10.7 Å². The number of anilines is 1. The maximum Gasteiger partial charge on any atom is 0.243 e. The summed E-state index contributed by atoms with van der Waals surface area (Å²) in [5.74, 6) is 0. The molecule has 2 N–H and O–H groups in total. The van der Waals surface area contributed by atoms with Gasteiger partial charge in [-0.3, -0.25) is 5.43 Å². The summed E-state index contributed by atoms with van der Waals surface area (Å²) in [6.07, 6.45) is 6.42. The van der Waals surface area contributed by atoms with Gasteiger partial charge >= 0.3 is 0 Å². The first-order valence-corrected chi connectivity index (χ1v) is 12.9. The van der Waals surface area contributed by atoms with Gasteiger partial charge in [0.1, 0.15) is 0 Å². The summed E-state index contributed by atoms with van der Waals surface area (Å²) in [5.41, 5.74) is 6.21. The second-order valence-electron chi connectivity index (χ2n) is 8.08. The lowest BCUT2D eigenvalue weighted by atomic mass is 10.2. The van der Waals surface area contributed by atoms with Gasteiger partial charge < -0.3 is 9.88 Å². The lowest BCUT2D eigenvalue weighted by molar-refractivity contribution is 0.346. The second-order valence-corrected chi connectivity index (χ2v) is 10.8. The van der Waals surface area contributed by atoms with Crippen molar-refractivity contribution in [2.24, 2.45) is 12.1 Å². The summed E-state index contributed by atoms with van der Waals surface area (Å²) in [4.78, 5) is 0.305. The molecule has 1 aromatic heterocycles. The van der Waals surface area contributed by atoms with Gasteiger partial charge in [-0.25, -0.2) is 8.42 Å². The number of nitrogens with zero attached hydrogens (tertiary/aromatic N) is 3. The predicted molar refractivity (Wildman–Crippen MR) is 139 cm³/mol. The second kappa shape index (κ2) is 9.80. The summed E-state index contributed by atoms with van der Waals surface area (Å²) < 4.78 is 29.8. The Morgan fingerprint density at radius 1 is 1.18 bits per heavy atom. The van der Waals surface area contributed by atoms with Gasteiger partial charge in [-0.05, 0) is 67.9 Å². The Morgan fingerprint density at radius 3 is 2.70 bits per heavy atom. The Hall–Kier alpha value is -2.46. The number of nitrogens with one attached hydrogen (secondary N) is 2. The lowest BCUT2D eigenvalue weighted by Gasteiger charge is -2.25. The van der Waals surface area contributed by atoms with Gasteiger partial charge in [0.15, 0.2) is 5.11 Å². The van der Waals surface area contributed by atoms with Crippen LogP contribution in [0.1, 0.15) is 30.4 Å². The van der Waals surface area contributed by atoms with Crippen LogP contribution in [-0.2, 0) is 17.1 Å². The highest BCUT2D eigenvalue weighted by molar-refractivity contribution is 7.89. The molecule has 0 bridgehead atoms. The van der Waals surface area contributed by atoms with Crippen molar-refractivity contribution in [3.05, 3.63) is 58.7 Å². The molecular weight excluding hydrogens is 478 g/mol. The van der Waals surface area contributed by atoms with E-state index >= 15 is 0 Å². The summed E-state index contributed by atoms with van der Waals surface area (Å²) in [7, 11) is -1.60. The standard InChI is InChI=1S/C23H26ClN5O2S2/c1-16-20(24)7-6-8-21(16)26-23(32)27-25-14-17-15-28(2)22-10-9-18(13-19(17)22)33(30,31)29-11-4-3-5-12-29/h6-10,13-15H,3-5,11-12H2,1-2H3,(H2,26,27,32). The number of thiocarbonyl (C=S) groups is 1. The Kier molecular flexibility index (Phi) is 7.04. The van der Waals surface area contributed by atoms with Crippen LogP contribution in [0.25, 0.3) is 10.9 Å². The number of piperidine rings is 1. The molecular formula is C23H26ClN5O2S2. The fraction of sp³-hybridized carbons (Fsp3) is 0.304. The maximum atomic E-state index is 13.1. The van der Waals surface area contributed by atoms with E-state index in [2.05, 4.69) is 15.8 Å². The van der Waals surface area contributed by atoms with E-state index in [4.69, 9.17) is 23.8 Å². The van der Waals surface area contributed by atoms with E-state index in [0.717, 1.165) is 47.0 Å². The zero-order valence-corrected chi connectivity index (χ0v) is 20.9. The first-order chi connectivity index (χ1) is 15.8. The molecule has 33 heavy (non-hydrogen) atoms. The molecule has 0 saturated carbocycles. The summed E-state index contributed by atoms with van der Waals surface area (Å²) in [5, 5.41) is 9.11. The average molecular weight is 504 g/mol. The molecule has 1 aliphatic heterocycles. The van der Waals surface area contributed by atoms with E-state index in [-0.39, 0.29) is 0 Å². The van der Waals surface area contributed by atoms with Crippen molar-refractivity contribution in [3.8, 4) is 0 Å². The van der Waals surface area contributed by atoms with Crippen LogP contribution in [0.5, 0.6) is 0 Å². The number of hydrazone groups is 1. The smallest absolute Gasteiger partial charge is 0.243 e. The maximum absolute atomic E-state index is 13.1. The number of aromatic nitrogens is 1. The Bertz CT molecular complexity index is 1330. The van der Waals surface area contributed by atoms with Crippen molar-refractivity contribution in [1.29, 1.82) is 0 Å². The van der Waals surface area contributed by atoms with Gasteiger partial charge in [-0.15, -0.1) is 0 Å². The fourth-order valence-corrected chi connectivity index (χ4v) is 5.85. The minimum absolute atomic E-state index is 0.305. The van der Waals surface area contributed by atoms with Crippen LogP contribution in [0.2, 0.25) is 5.02 Å². The number of aryl methyl sites for hydroxylation is 1. The normalized spacial score (nSPS) is 15.2. The first kappa shape index (κ1) is 23.7. The van der Waals surface area contributed by atoms with E-state index in [1.165, 1.54) is 0 Å². The number of rotatable bonds is 5. The average Bonchev–Trinajstić information content (AvgIpc) is 3.12. The van der Waals surface area contributed by atoms with Gasteiger partial charge in [-0.1, -0.05) is 24.1 Å². The molecule has 0 spiro atoms. The van der Waals surface area contributed by atoms with E-state index < -0.39 is 10.0 Å². The minimum atomic E-state index is -3.51. The van der Waals surface area contributed by atoms with Crippen LogP contribution in [0.15, 0.2) is 52.6 Å². The van der Waals surface area contributed by atoms with Crippen LogP contribution in [0, 0.1) is 6.92 Å². The molecule has 1 aliphatic rings. The molecule has 0 aliphatic carbocycles. The largest absolute Gasteiger partial charge is 0.350 e. The number of sulfonamides is 1. The predicted octanol–water partition coefficient (Wildman–Crippen LogP) is 4.64. The minimum Gasteiger partial charge on any atom is -0.350 e. The third-order valence-electron chi connectivity index (χ3n) is 5.83. The SMILES string of the molecule is Cc1c(Cl)cccc1NC(=S)NN=Cc1cn(C)c2ccc(S(=O)(=O)N3CCCCC3)cc12. The fourth-order valence-electron chi connectivity index (χ4n) is 3.97. The molecule has 10 heteroatoms. The molecule has 1 saturated heterocycles. The zero-order valence-electron chi connectivity index (χ0n) is 18.5. The quantitative estimate of drug-likeness (QED) is 0.301. The van der Waals surface area contributed by atoms with Crippen molar-refractivity contribution >= 4 is 61.8 Å². The van der Waals surface area contributed by atoms with E-state index in [1.807, 2.05) is 49.0 Å². The summed E-state index contributed by atoms with van der Waals surface area (Å²) >= 11 is 11.5. The molecule has 4 rings (SSSR count). The molecule has 0 unspecified atom stereocenters. The van der Waals surface area contributed by atoms with Gasteiger partial charge in [0, 0.05) is 53.5 Å². The molecule has 174 valence electrons. The lowest BCUT2D eigenvalue weighted by Crippen LogP contribution is -2.35. The van der Waals surface area contributed by atoms with Crippen molar-refractivity contribution in [1.82, 2.24) is 14.3 Å². The third kappa shape index (κ3) is 5.06. The monoisotopic (exact) mass is 503 g/mol. The number of benzene rings is 2. The molecule has 0 amide bonds. The molecule has 7 nitrogen and oxygen atoms in total. The first-order valence-electron chi connectivity index (χ1n) is 10.7. The van der Waals surface area contributed by atoms with E-state index in [9.17, 15) is 8.42 Å². The van der Waals surface area contributed by atoms with Gasteiger partial charge in [0.05, 0.1) is 11.1 Å². The highest BCUT2D eigenvalue weighted by atomic mass is 35.5. The van der Waals surface area contributed by atoms with Crippen molar-refractivity contribution in [2.75, 3.05) is 18.4 Å². The number of hydrogen-bond donors (Lipinski definition) is 2. The van der Waals surface area contributed by atoms with Crippen LogP contribution in [-0.4, -0.2) is 41.7 Å². The molecule has 2 heterocycles. The summed E-state index contributed by atoms with van der Waals surface area (Å²) in [6.45, 7) is 3.05. The molecule has 3 aromatic rings. The number of fused-ring (bicyclic) bond motifs is 1. The summed E-state index contributed by atoms with van der Waals surface area (Å²) in [6, 6.07) is 10.8. The van der Waals surface area contributed by atoms with Gasteiger partial charge in [0.25, 0.3) is 0 Å². The number of hydrogen-bond acceptors (Lipinski definition) is 4. The van der Waals surface area contributed by atoms with Crippen molar-refractivity contribution in [2.45, 2.75) is 31.1 Å². The number of halogens is 1.